The molecule has 10 heteroatoms. The highest BCUT2D eigenvalue weighted by Crippen LogP contribution is 2.28. The summed E-state index contributed by atoms with van der Waals surface area (Å²) in [6.45, 7) is 0.803. The van der Waals surface area contributed by atoms with Crippen LogP contribution < -0.4 is 0 Å². The second-order valence-corrected chi connectivity index (χ2v) is 5.51. The van der Waals surface area contributed by atoms with Gasteiger partial charge in [-0.3, -0.25) is 0 Å². The molecule has 0 saturated carbocycles. The van der Waals surface area contributed by atoms with Crippen LogP contribution in [0.5, 0.6) is 0 Å². The number of rotatable bonds is 3. The number of aliphatic hydroxyl groups is 7. The molecule has 1 unspecified atom stereocenters. The number of hydrogen-bond acceptors (Lipinski definition) is 10. The van der Waals surface area contributed by atoms with Gasteiger partial charge in [-0.05, 0) is 6.92 Å². The summed E-state index contributed by atoms with van der Waals surface area (Å²) >= 11 is 0. The minimum Gasteiger partial charge on any atom is -0.394 e. The monoisotopic (exact) mass is 326 g/mol. The summed E-state index contributed by atoms with van der Waals surface area (Å²) in [5.41, 5.74) is 0. The van der Waals surface area contributed by atoms with Crippen molar-refractivity contribution in [3.8, 4) is 0 Å². The Hall–Kier alpha value is -0.400. The molecule has 10 nitrogen and oxygen atoms in total. The van der Waals surface area contributed by atoms with E-state index < -0.39 is 68.0 Å². The quantitative estimate of drug-likeness (QED) is 0.269. The minimum atomic E-state index is -1.69. The van der Waals surface area contributed by atoms with E-state index in [9.17, 15) is 30.6 Å². The van der Waals surface area contributed by atoms with Crippen LogP contribution in [0.2, 0.25) is 0 Å². The normalized spacial score (nSPS) is 53.5. The molecule has 0 aromatic carbocycles. The van der Waals surface area contributed by atoms with Gasteiger partial charge in [0.1, 0.15) is 42.7 Å². The third kappa shape index (κ3) is 3.26. The van der Waals surface area contributed by atoms with Crippen LogP contribution in [0, 0.1) is 0 Å². The Kier molecular flexibility index (Phi) is 5.72. The summed E-state index contributed by atoms with van der Waals surface area (Å²) in [6.07, 6.45) is -14.4. The highest BCUT2D eigenvalue weighted by molar-refractivity contribution is 4.92. The Labute approximate surface area is 126 Å². The lowest BCUT2D eigenvalue weighted by atomic mass is 9.98. The van der Waals surface area contributed by atoms with Crippen LogP contribution in [-0.4, -0.2) is 104 Å². The van der Waals surface area contributed by atoms with Gasteiger partial charge in [-0.15, -0.1) is 0 Å². The third-order valence-electron chi connectivity index (χ3n) is 3.94. The lowest BCUT2D eigenvalue weighted by Crippen LogP contribution is -2.63. The van der Waals surface area contributed by atoms with Gasteiger partial charge in [0.25, 0.3) is 0 Å². The van der Waals surface area contributed by atoms with Crippen molar-refractivity contribution in [2.45, 2.75) is 68.3 Å². The first-order chi connectivity index (χ1) is 10.3. The van der Waals surface area contributed by atoms with Crippen molar-refractivity contribution >= 4 is 0 Å². The zero-order chi connectivity index (χ0) is 16.6. The van der Waals surface area contributed by atoms with Crippen molar-refractivity contribution in [1.82, 2.24) is 0 Å². The van der Waals surface area contributed by atoms with Gasteiger partial charge >= 0.3 is 0 Å². The van der Waals surface area contributed by atoms with Gasteiger partial charge in [0, 0.05) is 0 Å². The van der Waals surface area contributed by atoms with Gasteiger partial charge in [-0.25, -0.2) is 0 Å². The van der Waals surface area contributed by atoms with Crippen LogP contribution in [0.4, 0.5) is 0 Å². The van der Waals surface area contributed by atoms with E-state index in [1.165, 1.54) is 6.92 Å². The summed E-state index contributed by atoms with van der Waals surface area (Å²) < 4.78 is 15.3. The zero-order valence-electron chi connectivity index (χ0n) is 11.8. The van der Waals surface area contributed by atoms with Gasteiger partial charge in [0.2, 0.25) is 0 Å². The second kappa shape index (κ2) is 7.01. The summed E-state index contributed by atoms with van der Waals surface area (Å²) in [5, 5.41) is 67.6. The van der Waals surface area contributed by atoms with Crippen LogP contribution >= 0.6 is 0 Å². The fourth-order valence-electron chi connectivity index (χ4n) is 2.50. The second-order valence-electron chi connectivity index (χ2n) is 5.51. The molecule has 0 aromatic heterocycles. The van der Waals surface area contributed by atoms with E-state index in [4.69, 9.17) is 19.3 Å². The maximum Gasteiger partial charge on any atom is 0.187 e. The van der Waals surface area contributed by atoms with Gasteiger partial charge in [-0.2, -0.15) is 0 Å². The van der Waals surface area contributed by atoms with Gasteiger partial charge < -0.3 is 50.0 Å². The van der Waals surface area contributed by atoms with Crippen molar-refractivity contribution < 1.29 is 50.0 Å². The van der Waals surface area contributed by atoms with Crippen LogP contribution in [-0.2, 0) is 14.2 Å². The molecule has 0 aliphatic carbocycles. The van der Waals surface area contributed by atoms with Crippen LogP contribution in [0.1, 0.15) is 6.92 Å². The first-order valence-electron chi connectivity index (χ1n) is 6.93. The Morgan fingerprint density at radius 2 is 1.45 bits per heavy atom. The Balaban J connectivity index is 2.08. The van der Waals surface area contributed by atoms with Crippen LogP contribution in [0.25, 0.3) is 0 Å². The molecule has 2 heterocycles. The average molecular weight is 326 g/mol. The van der Waals surface area contributed by atoms with E-state index in [0.717, 1.165) is 0 Å². The van der Waals surface area contributed by atoms with Crippen molar-refractivity contribution in [2.75, 3.05) is 6.61 Å². The molecule has 2 saturated heterocycles. The lowest BCUT2D eigenvalue weighted by molar-refractivity contribution is -0.359. The predicted molar refractivity (Wildman–Crippen MR) is 67.2 cm³/mol. The molecule has 2 rings (SSSR count). The Morgan fingerprint density at radius 3 is 2.05 bits per heavy atom. The number of hydrogen-bond donors (Lipinski definition) is 7. The van der Waals surface area contributed by atoms with E-state index in [2.05, 4.69) is 0 Å². The summed E-state index contributed by atoms with van der Waals surface area (Å²) in [5.74, 6) is 0. The molecule has 10 atom stereocenters. The lowest BCUT2D eigenvalue weighted by Gasteiger charge is -2.44. The van der Waals surface area contributed by atoms with Crippen molar-refractivity contribution in [1.29, 1.82) is 0 Å². The fourth-order valence-corrected chi connectivity index (χ4v) is 2.50. The summed E-state index contributed by atoms with van der Waals surface area (Å²) in [6, 6.07) is 0. The molecule has 0 spiro atoms. The maximum atomic E-state index is 9.92. The van der Waals surface area contributed by atoms with Crippen molar-refractivity contribution in [2.24, 2.45) is 0 Å². The van der Waals surface area contributed by atoms with Crippen LogP contribution in [0.15, 0.2) is 0 Å². The van der Waals surface area contributed by atoms with Gasteiger partial charge in [0.15, 0.2) is 12.6 Å². The van der Waals surface area contributed by atoms with Crippen molar-refractivity contribution in [3.05, 3.63) is 0 Å². The largest absolute Gasteiger partial charge is 0.394 e. The summed E-state index contributed by atoms with van der Waals surface area (Å²) in [7, 11) is 0. The first kappa shape index (κ1) is 17.9. The molecule has 0 bridgehead atoms. The van der Waals surface area contributed by atoms with E-state index >= 15 is 0 Å². The Morgan fingerprint density at radius 1 is 0.818 bits per heavy atom. The van der Waals surface area contributed by atoms with E-state index in [1.54, 1.807) is 0 Å². The SMILES string of the molecule is C[C@@H]1OC(O)[C@H](O[C@@H]2O[C@H](CO)[C@@H](O)[C@H](O)[C@H]2O)[C@H](O)[C@H]1O. The smallest absolute Gasteiger partial charge is 0.187 e. The van der Waals surface area contributed by atoms with E-state index in [0.29, 0.717) is 0 Å². The molecular formula is C12H22O10. The van der Waals surface area contributed by atoms with Crippen molar-refractivity contribution in [3.63, 3.8) is 0 Å². The molecule has 0 radical (unpaired) electrons. The molecular weight excluding hydrogens is 304 g/mol. The molecule has 0 aromatic rings. The van der Waals surface area contributed by atoms with E-state index in [-0.39, 0.29) is 0 Å². The number of aliphatic hydroxyl groups excluding tert-OH is 7. The molecule has 2 aliphatic rings. The van der Waals surface area contributed by atoms with Crippen LogP contribution in [0.3, 0.4) is 0 Å². The molecule has 2 aliphatic heterocycles. The Bertz CT molecular complexity index is 366. The topological polar surface area (TPSA) is 169 Å². The summed E-state index contributed by atoms with van der Waals surface area (Å²) in [4.78, 5) is 0. The predicted octanol–water partition coefficient (Wildman–Crippen LogP) is -4.37. The highest BCUT2D eigenvalue weighted by atomic mass is 16.7. The third-order valence-corrected chi connectivity index (χ3v) is 3.94. The standard InChI is InChI=1S/C12H22O10/c1-3-5(14)8(17)10(11(19)20-3)22-12-9(18)7(16)6(15)4(2-13)21-12/h3-19H,2H2,1H3/t3-,4+,5-,6+,7-,8+,9+,10+,11?,12-/m0/s1. The molecule has 7 N–H and O–H groups in total. The zero-order valence-corrected chi connectivity index (χ0v) is 11.8. The molecule has 22 heavy (non-hydrogen) atoms. The molecule has 0 amide bonds. The van der Waals surface area contributed by atoms with E-state index in [1.807, 2.05) is 0 Å². The average Bonchev–Trinajstić information content (AvgIpc) is 2.49. The fraction of sp³-hybridized carbons (Fsp3) is 1.00. The molecule has 130 valence electrons. The number of ether oxygens (including phenoxy) is 3. The first-order valence-corrected chi connectivity index (χ1v) is 6.93. The van der Waals surface area contributed by atoms with Gasteiger partial charge in [0.05, 0.1) is 12.7 Å². The molecule has 2 fully saturated rings. The minimum absolute atomic E-state index is 0.642. The maximum absolute atomic E-state index is 9.92. The van der Waals surface area contributed by atoms with Gasteiger partial charge in [-0.1, -0.05) is 0 Å². The highest BCUT2D eigenvalue weighted by Gasteiger charge is 2.49.